The predicted molar refractivity (Wildman–Crippen MR) is 83.0 cm³/mol. The van der Waals surface area contributed by atoms with Gasteiger partial charge >= 0.3 is 5.97 Å². The van der Waals surface area contributed by atoms with Gasteiger partial charge in [0.1, 0.15) is 0 Å². The van der Waals surface area contributed by atoms with Crippen molar-refractivity contribution in [3.05, 3.63) is 0 Å². The maximum Gasteiger partial charge on any atom is 0.308 e. The molecule has 5 nitrogen and oxygen atoms in total. The molecule has 1 saturated heterocycles. The maximum absolute atomic E-state index is 12.3. The molecule has 1 amide bonds. The van der Waals surface area contributed by atoms with Crippen LogP contribution in [0.3, 0.4) is 0 Å². The molecule has 3 N–H and O–H groups in total. The van der Waals surface area contributed by atoms with Gasteiger partial charge in [0.25, 0.3) is 0 Å². The van der Waals surface area contributed by atoms with E-state index in [1.54, 1.807) is 0 Å². The van der Waals surface area contributed by atoms with Crippen LogP contribution in [-0.4, -0.2) is 36.1 Å². The van der Waals surface area contributed by atoms with E-state index >= 15 is 0 Å². The average molecular weight is 298 g/mol. The van der Waals surface area contributed by atoms with Gasteiger partial charge in [-0.05, 0) is 36.6 Å². The highest BCUT2D eigenvalue weighted by molar-refractivity contribution is 5.83. The summed E-state index contributed by atoms with van der Waals surface area (Å²) in [4.78, 5) is 23.7. The van der Waals surface area contributed by atoms with E-state index < -0.39 is 11.9 Å². The fourth-order valence-corrected chi connectivity index (χ4v) is 2.97. The van der Waals surface area contributed by atoms with E-state index in [1.165, 1.54) is 0 Å². The van der Waals surface area contributed by atoms with Gasteiger partial charge in [0.15, 0.2) is 0 Å². The Morgan fingerprint density at radius 2 is 2.00 bits per heavy atom. The second-order valence-corrected chi connectivity index (χ2v) is 8.02. The highest BCUT2D eigenvalue weighted by Gasteiger charge is 2.37. The molecule has 1 rings (SSSR count). The normalized spacial score (nSPS) is 23.4. The largest absolute Gasteiger partial charge is 0.481 e. The molecule has 1 heterocycles. The van der Waals surface area contributed by atoms with E-state index in [2.05, 4.69) is 24.5 Å². The number of nitrogens with one attached hydrogen (secondary N) is 2. The number of piperidine rings is 1. The molecule has 1 aliphatic rings. The molecule has 0 radical (unpaired) electrons. The zero-order valence-electron chi connectivity index (χ0n) is 14.0. The number of hydrogen-bond acceptors (Lipinski definition) is 3. The summed E-state index contributed by atoms with van der Waals surface area (Å²) < 4.78 is 0. The second-order valence-electron chi connectivity index (χ2n) is 8.02. The Balaban J connectivity index is 2.59. The van der Waals surface area contributed by atoms with Crippen molar-refractivity contribution < 1.29 is 14.7 Å². The highest BCUT2D eigenvalue weighted by Crippen LogP contribution is 2.30. The number of aliphatic carboxylic acids is 1. The van der Waals surface area contributed by atoms with Crippen molar-refractivity contribution in [2.45, 2.75) is 59.9 Å². The molecule has 0 spiro atoms. The lowest BCUT2D eigenvalue weighted by Crippen LogP contribution is -2.56. The van der Waals surface area contributed by atoms with Crippen molar-refractivity contribution in [3.8, 4) is 0 Å². The van der Waals surface area contributed by atoms with Crippen molar-refractivity contribution in [1.82, 2.24) is 10.6 Å². The molecule has 5 heteroatoms. The molecule has 122 valence electrons. The Morgan fingerprint density at radius 1 is 1.38 bits per heavy atom. The summed E-state index contributed by atoms with van der Waals surface area (Å²) in [6.07, 6.45) is 2.62. The van der Waals surface area contributed by atoms with Crippen LogP contribution in [0.5, 0.6) is 0 Å². The molecule has 1 aliphatic heterocycles. The molecule has 0 aliphatic carbocycles. The van der Waals surface area contributed by atoms with Crippen LogP contribution in [0, 0.1) is 16.7 Å². The van der Waals surface area contributed by atoms with E-state index in [0.29, 0.717) is 6.42 Å². The van der Waals surface area contributed by atoms with Crippen LogP contribution >= 0.6 is 0 Å². The van der Waals surface area contributed by atoms with E-state index in [1.807, 2.05) is 20.8 Å². The van der Waals surface area contributed by atoms with Crippen molar-refractivity contribution in [1.29, 1.82) is 0 Å². The molecule has 0 aromatic carbocycles. The molecule has 2 atom stereocenters. The Hall–Kier alpha value is -1.10. The van der Waals surface area contributed by atoms with Gasteiger partial charge in [0, 0.05) is 6.54 Å². The minimum Gasteiger partial charge on any atom is -0.481 e. The minimum atomic E-state index is -0.846. The van der Waals surface area contributed by atoms with Gasteiger partial charge in [-0.15, -0.1) is 0 Å². The molecular weight excluding hydrogens is 268 g/mol. The molecule has 0 aromatic heterocycles. The summed E-state index contributed by atoms with van der Waals surface area (Å²) in [7, 11) is 0. The first-order chi connectivity index (χ1) is 9.53. The predicted octanol–water partition coefficient (Wildman–Crippen LogP) is 2.02. The number of hydrogen-bond donors (Lipinski definition) is 3. The zero-order chi connectivity index (χ0) is 16.3. The van der Waals surface area contributed by atoms with E-state index in [0.717, 1.165) is 19.4 Å². The van der Waals surface area contributed by atoms with Gasteiger partial charge in [-0.3, -0.25) is 9.59 Å². The quantitative estimate of drug-likeness (QED) is 0.725. The van der Waals surface area contributed by atoms with E-state index in [4.69, 9.17) is 0 Å². The van der Waals surface area contributed by atoms with Gasteiger partial charge in [-0.1, -0.05) is 34.6 Å². The van der Waals surface area contributed by atoms with Crippen LogP contribution in [0.4, 0.5) is 0 Å². The summed E-state index contributed by atoms with van der Waals surface area (Å²) in [5.41, 5.74) is -0.165. The van der Waals surface area contributed by atoms with E-state index in [-0.39, 0.29) is 29.3 Å². The Morgan fingerprint density at radius 3 is 2.48 bits per heavy atom. The summed E-state index contributed by atoms with van der Waals surface area (Å²) in [6.45, 7) is 11.2. The Kier molecular flexibility index (Phi) is 5.79. The lowest BCUT2D eigenvalue weighted by molar-refractivity contribution is -0.142. The Labute approximate surface area is 127 Å². The van der Waals surface area contributed by atoms with E-state index in [9.17, 15) is 14.7 Å². The van der Waals surface area contributed by atoms with Crippen molar-refractivity contribution in [2.24, 2.45) is 16.7 Å². The highest BCUT2D eigenvalue weighted by atomic mass is 16.4. The van der Waals surface area contributed by atoms with Crippen LogP contribution < -0.4 is 10.6 Å². The first-order valence-corrected chi connectivity index (χ1v) is 7.77. The number of carboxylic acids is 1. The number of carbonyl (C=O) groups excluding carboxylic acids is 1. The summed E-state index contributed by atoms with van der Waals surface area (Å²) in [5, 5.41) is 15.4. The first-order valence-electron chi connectivity index (χ1n) is 7.77. The number of rotatable bonds is 5. The minimum absolute atomic E-state index is 0.0733. The topological polar surface area (TPSA) is 78.4 Å². The summed E-state index contributed by atoms with van der Waals surface area (Å²) in [5.74, 6) is -1.47. The second kappa shape index (κ2) is 6.77. The fourth-order valence-electron chi connectivity index (χ4n) is 2.97. The molecule has 0 aromatic rings. The van der Waals surface area contributed by atoms with Crippen LogP contribution in [0.25, 0.3) is 0 Å². The first kappa shape index (κ1) is 18.0. The molecule has 0 saturated carbocycles. The SMILES string of the molecule is CC(C)(C)CC(CNC(=O)C1NCCCC1(C)C)C(=O)O. The lowest BCUT2D eigenvalue weighted by atomic mass is 9.77. The van der Waals surface area contributed by atoms with Gasteiger partial charge in [-0.25, -0.2) is 0 Å². The van der Waals surface area contributed by atoms with Crippen LogP contribution in [0.2, 0.25) is 0 Å². The standard InChI is InChI=1S/C16H30N2O3/c1-15(2,3)9-11(14(20)21)10-18-13(19)12-16(4,5)7-6-8-17-12/h11-12,17H,6-10H2,1-5H3,(H,18,19)(H,20,21). The summed E-state index contributed by atoms with van der Waals surface area (Å²) >= 11 is 0. The van der Waals surface area contributed by atoms with Crippen molar-refractivity contribution in [3.63, 3.8) is 0 Å². The average Bonchev–Trinajstić information content (AvgIpc) is 2.31. The van der Waals surface area contributed by atoms with Crippen LogP contribution in [0.1, 0.15) is 53.9 Å². The van der Waals surface area contributed by atoms with Gasteiger partial charge in [-0.2, -0.15) is 0 Å². The summed E-state index contributed by atoms with van der Waals surface area (Å²) in [6, 6.07) is -0.240. The monoisotopic (exact) mass is 298 g/mol. The zero-order valence-corrected chi connectivity index (χ0v) is 14.0. The third-order valence-electron chi connectivity index (χ3n) is 4.12. The Bertz CT molecular complexity index is 385. The van der Waals surface area contributed by atoms with Crippen molar-refractivity contribution >= 4 is 11.9 Å². The van der Waals surface area contributed by atoms with Crippen LogP contribution in [-0.2, 0) is 9.59 Å². The number of carbonyl (C=O) groups is 2. The molecule has 1 fully saturated rings. The van der Waals surface area contributed by atoms with Crippen molar-refractivity contribution in [2.75, 3.05) is 13.1 Å². The number of amides is 1. The van der Waals surface area contributed by atoms with Gasteiger partial charge in [0.05, 0.1) is 12.0 Å². The molecule has 2 unspecified atom stereocenters. The number of carboxylic acid groups (broad SMARTS) is 1. The lowest BCUT2D eigenvalue weighted by Gasteiger charge is -2.38. The van der Waals surface area contributed by atoms with Crippen LogP contribution in [0.15, 0.2) is 0 Å². The molecule has 0 bridgehead atoms. The molecular formula is C16H30N2O3. The third-order valence-corrected chi connectivity index (χ3v) is 4.12. The molecule has 21 heavy (non-hydrogen) atoms. The third kappa shape index (κ3) is 5.65. The smallest absolute Gasteiger partial charge is 0.308 e. The maximum atomic E-state index is 12.3. The fraction of sp³-hybridized carbons (Fsp3) is 0.875. The van der Waals surface area contributed by atoms with Gasteiger partial charge < -0.3 is 15.7 Å². The van der Waals surface area contributed by atoms with Gasteiger partial charge in [0.2, 0.25) is 5.91 Å².